The zero-order chi connectivity index (χ0) is 20.1. The molecule has 0 heteroatoms. The third-order valence-electron chi connectivity index (χ3n) is 6.82. The van der Waals surface area contributed by atoms with Gasteiger partial charge in [-0.3, -0.25) is 0 Å². The van der Waals surface area contributed by atoms with Gasteiger partial charge in [-0.2, -0.15) is 0 Å². The summed E-state index contributed by atoms with van der Waals surface area (Å²) in [6.45, 7) is 4.55. The number of rotatable bonds is 6. The molecule has 1 aliphatic carbocycles. The maximum absolute atomic E-state index is 2.49. The second-order valence-electron chi connectivity index (χ2n) is 8.73. The zero-order valence-electron chi connectivity index (χ0n) is 18.0. The van der Waals surface area contributed by atoms with Gasteiger partial charge < -0.3 is 0 Å². The van der Waals surface area contributed by atoms with Gasteiger partial charge in [-0.25, -0.2) is 0 Å². The largest absolute Gasteiger partial charge is 0.0654 e. The summed E-state index contributed by atoms with van der Waals surface area (Å²) in [5.74, 6) is 1.68. The van der Waals surface area contributed by atoms with Crippen molar-refractivity contribution in [2.24, 2.45) is 5.92 Å². The summed E-state index contributed by atoms with van der Waals surface area (Å²) in [7, 11) is 0. The second-order valence-corrected chi connectivity index (χ2v) is 8.73. The molecule has 0 atom stereocenters. The first-order valence-corrected chi connectivity index (χ1v) is 11.6. The molecule has 0 nitrogen and oxygen atoms in total. The summed E-state index contributed by atoms with van der Waals surface area (Å²) in [5.41, 5.74) is 8.31. The minimum Gasteiger partial charge on any atom is -0.0654 e. The van der Waals surface area contributed by atoms with Gasteiger partial charge in [0, 0.05) is 0 Å². The van der Waals surface area contributed by atoms with E-state index in [1.54, 1.807) is 0 Å². The van der Waals surface area contributed by atoms with Crippen molar-refractivity contribution in [1.82, 2.24) is 0 Å². The quantitative estimate of drug-likeness (QED) is 0.400. The van der Waals surface area contributed by atoms with E-state index >= 15 is 0 Å². The van der Waals surface area contributed by atoms with Crippen LogP contribution in [0.2, 0.25) is 0 Å². The Morgan fingerprint density at radius 1 is 0.690 bits per heavy atom. The van der Waals surface area contributed by atoms with E-state index in [9.17, 15) is 0 Å². The van der Waals surface area contributed by atoms with Gasteiger partial charge in [0.05, 0.1) is 0 Å². The normalized spacial score (nSPS) is 19.2. The van der Waals surface area contributed by atoms with E-state index in [1.165, 1.54) is 71.9 Å². The Balaban J connectivity index is 1.68. The minimum absolute atomic E-state index is 0.724. The molecular weight excluding hydrogens is 348 g/mol. The SMILES string of the molecule is CCCC1CCC(c2ccc(-c3ccccc3)c(-c3ccc(CC)cc3)c2)CC1. The lowest BCUT2D eigenvalue weighted by molar-refractivity contribution is 0.308. The lowest BCUT2D eigenvalue weighted by atomic mass is 9.76. The third-order valence-corrected chi connectivity index (χ3v) is 6.82. The molecule has 0 aromatic heterocycles. The van der Waals surface area contributed by atoms with E-state index in [1.807, 2.05) is 0 Å². The van der Waals surface area contributed by atoms with Crippen molar-refractivity contribution < 1.29 is 0 Å². The fourth-order valence-electron chi connectivity index (χ4n) is 5.04. The average molecular weight is 383 g/mol. The van der Waals surface area contributed by atoms with Gasteiger partial charge in [-0.15, -0.1) is 0 Å². The number of benzene rings is 3. The number of aryl methyl sites for hydroxylation is 1. The van der Waals surface area contributed by atoms with Crippen molar-refractivity contribution in [3.8, 4) is 22.3 Å². The monoisotopic (exact) mass is 382 g/mol. The summed E-state index contributed by atoms with van der Waals surface area (Å²) in [4.78, 5) is 0. The van der Waals surface area contributed by atoms with E-state index in [0.29, 0.717) is 0 Å². The van der Waals surface area contributed by atoms with Crippen LogP contribution in [0, 0.1) is 5.92 Å². The first-order valence-electron chi connectivity index (χ1n) is 11.6. The Morgan fingerprint density at radius 2 is 1.38 bits per heavy atom. The van der Waals surface area contributed by atoms with Crippen LogP contribution in [0.4, 0.5) is 0 Å². The topological polar surface area (TPSA) is 0 Å². The van der Waals surface area contributed by atoms with E-state index in [-0.39, 0.29) is 0 Å². The van der Waals surface area contributed by atoms with Gasteiger partial charge in [-0.1, -0.05) is 99.5 Å². The van der Waals surface area contributed by atoms with E-state index in [4.69, 9.17) is 0 Å². The molecule has 3 aromatic carbocycles. The van der Waals surface area contributed by atoms with Gasteiger partial charge in [0.1, 0.15) is 0 Å². The van der Waals surface area contributed by atoms with Crippen molar-refractivity contribution in [3.63, 3.8) is 0 Å². The lowest BCUT2D eigenvalue weighted by Crippen LogP contribution is -2.13. The highest BCUT2D eigenvalue weighted by molar-refractivity contribution is 5.84. The fourth-order valence-corrected chi connectivity index (χ4v) is 5.04. The Morgan fingerprint density at radius 3 is 2.03 bits per heavy atom. The van der Waals surface area contributed by atoms with Crippen molar-refractivity contribution in [2.75, 3.05) is 0 Å². The van der Waals surface area contributed by atoms with Crippen LogP contribution < -0.4 is 0 Å². The first kappa shape index (κ1) is 20.0. The molecule has 0 aliphatic heterocycles. The summed E-state index contributed by atoms with van der Waals surface area (Å²) in [6.07, 6.45) is 9.34. The molecule has 0 heterocycles. The highest BCUT2D eigenvalue weighted by Gasteiger charge is 2.22. The molecule has 29 heavy (non-hydrogen) atoms. The predicted octanol–water partition coefficient (Wildman–Crippen LogP) is 8.66. The molecule has 0 N–H and O–H groups in total. The Labute approximate surface area is 177 Å². The van der Waals surface area contributed by atoms with Crippen LogP contribution in [0.25, 0.3) is 22.3 Å². The second kappa shape index (κ2) is 9.44. The van der Waals surface area contributed by atoms with Crippen molar-refractivity contribution in [2.45, 2.75) is 64.7 Å². The Bertz CT molecular complexity index is 897. The maximum atomic E-state index is 2.49. The maximum Gasteiger partial charge on any atom is -0.0103 e. The average Bonchev–Trinajstić information content (AvgIpc) is 2.80. The summed E-state index contributed by atoms with van der Waals surface area (Å²) in [6, 6.07) is 27.3. The minimum atomic E-state index is 0.724. The summed E-state index contributed by atoms with van der Waals surface area (Å²) < 4.78 is 0. The highest BCUT2D eigenvalue weighted by Crippen LogP contribution is 2.41. The molecule has 150 valence electrons. The van der Waals surface area contributed by atoms with Crippen LogP contribution in [0.15, 0.2) is 72.8 Å². The fraction of sp³-hybridized carbons (Fsp3) is 0.379. The van der Waals surface area contributed by atoms with Crippen molar-refractivity contribution >= 4 is 0 Å². The molecule has 1 aliphatic rings. The molecule has 0 saturated heterocycles. The highest BCUT2D eigenvalue weighted by atomic mass is 14.3. The molecule has 4 rings (SSSR count). The van der Waals surface area contributed by atoms with Crippen LogP contribution in [0.1, 0.15) is 69.4 Å². The third kappa shape index (κ3) is 4.64. The zero-order valence-corrected chi connectivity index (χ0v) is 18.0. The number of hydrogen-bond acceptors (Lipinski definition) is 0. The summed E-state index contributed by atoms with van der Waals surface area (Å²) >= 11 is 0. The summed E-state index contributed by atoms with van der Waals surface area (Å²) in [5, 5.41) is 0. The molecule has 3 aromatic rings. The standard InChI is InChI=1S/C29H34/c1-3-8-23-13-15-24(16-14-23)27-19-20-28(25-9-6-5-7-10-25)29(21-27)26-17-11-22(4-2)12-18-26/h5-7,9-12,17-21,23-24H,3-4,8,13-16H2,1-2H3. The van der Waals surface area contributed by atoms with E-state index in [0.717, 1.165) is 18.3 Å². The number of hydrogen-bond donors (Lipinski definition) is 0. The molecule has 1 fully saturated rings. The molecule has 0 amide bonds. The van der Waals surface area contributed by atoms with Crippen molar-refractivity contribution in [3.05, 3.63) is 83.9 Å². The van der Waals surface area contributed by atoms with Crippen LogP contribution >= 0.6 is 0 Å². The van der Waals surface area contributed by atoms with Crippen LogP contribution in [-0.4, -0.2) is 0 Å². The molecular formula is C29H34. The molecule has 1 saturated carbocycles. The predicted molar refractivity (Wildman–Crippen MR) is 126 cm³/mol. The Hall–Kier alpha value is -2.34. The van der Waals surface area contributed by atoms with Crippen LogP contribution in [-0.2, 0) is 6.42 Å². The smallest absolute Gasteiger partial charge is 0.0103 e. The van der Waals surface area contributed by atoms with Gasteiger partial charge in [0.2, 0.25) is 0 Å². The van der Waals surface area contributed by atoms with E-state index in [2.05, 4.69) is 86.6 Å². The molecule has 0 spiro atoms. The van der Waals surface area contributed by atoms with Crippen LogP contribution in [0.5, 0.6) is 0 Å². The Kier molecular flexibility index (Phi) is 6.49. The van der Waals surface area contributed by atoms with Gasteiger partial charge in [-0.05, 0) is 77.3 Å². The van der Waals surface area contributed by atoms with Gasteiger partial charge in [0.25, 0.3) is 0 Å². The molecule has 0 bridgehead atoms. The van der Waals surface area contributed by atoms with Crippen molar-refractivity contribution in [1.29, 1.82) is 0 Å². The lowest BCUT2D eigenvalue weighted by Gasteiger charge is -2.29. The van der Waals surface area contributed by atoms with Crippen LogP contribution in [0.3, 0.4) is 0 Å². The van der Waals surface area contributed by atoms with Gasteiger partial charge >= 0.3 is 0 Å². The first-order chi connectivity index (χ1) is 14.3. The molecule has 0 unspecified atom stereocenters. The van der Waals surface area contributed by atoms with E-state index < -0.39 is 0 Å². The van der Waals surface area contributed by atoms with Gasteiger partial charge in [0.15, 0.2) is 0 Å². The molecule has 0 radical (unpaired) electrons.